The van der Waals surface area contributed by atoms with E-state index in [0.717, 1.165) is 22.6 Å². The lowest BCUT2D eigenvalue weighted by atomic mass is 9.91. The number of fused-ring (bicyclic) bond motifs is 1. The molecular formula is C38H31Cl2F4N11O4. The van der Waals surface area contributed by atoms with E-state index in [1.165, 1.54) is 42.0 Å². The van der Waals surface area contributed by atoms with Crippen LogP contribution in [0, 0.1) is 5.82 Å². The van der Waals surface area contributed by atoms with Gasteiger partial charge in [-0.05, 0) is 61.7 Å². The molecule has 2 aliphatic rings. The van der Waals surface area contributed by atoms with Crippen LogP contribution in [0.5, 0.6) is 5.75 Å². The van der Waals surface area contributed by atoms with Crippen molar-refractivity contribution in [2.75, 3.05) is 4.90 Å². The van der Waals surface area contributed by atoms with E-state index in [2.05, 4.69) is 45.7 Å². The summed E-state index contributed by atoms with van der Waals surface area (Å²) in [5.41, 5.74) is 0.118. The summed E-state index contributed by atoms with van der Waals surface area (Å²) in [5.74, 6) is -3.45. The molecule has 1 saturated carbocycles. The van der Waals surface area contributed by atoms with Crippen LogP contribution >= 0.6 is 23.2 Å². The quantitative estimate of drug-likeness (QED) is 0.0996. The normalized spacial score (nSPS) is 17.4. The molecule has 0 saturated heterocycles. The highest BCUT2D eigenvalue weighted by Crippen LogP contribution is 2.46. The summed E-state index contributed by atoms with van der Waals surface area (Å²) in [7, 11) is 1.76. The van der Waals surface area contributed by atoms with Gasteiger partial charge in [-0.2, -0.15) is 15.3 Å². The van der Waals surface area contributed by atoms with Crippen molar-refractivity contribution in [3.63, 3.8) is 0 Å². The molecule has 59 heavy (non-hydrogen) atoms. The second-order valence-corrected chi connectivity index (χ2v) is 15.2. The van der Waals surface area contributed by atoms with Gasteiger partial charge in [-0.15, -0.1) is 13.2 Å². The topological polar surface area (TPSA) is 178 Å². The second-order valence-electron chi connectivity index (χ2n) is 14.4. The third-order valence-electron chi connectivity index (χ3n) is 10.1. The number of aromatic nitrogens is 8. The first-order chi connectivity index (χ1) is 28.0. The fraction of sp³-hybridized carbons (Fsp3) is 0.263. The number of hydrogen-bond acceptors (Lipinski definition) is 9. The van der Waals surface area contributed by atoms with E-state index in [9.17, 15) is 31.9 Å². The first-order valence-corrected chi connectivity index (χ1v) is 18.6. The Morgan fingerprint density at radius 1 is 1.03 bits per heavy atom. The molecule has 4 aromatic heterocycles. The van der Waals surface area contributed by atoms with Gasteiger partial charge in [0.05, 0.1) is 57.1 Å². The van der Waals surface area contributed by atoms with Crippen LogP contribution in [0.2, 0.25) is 10.0 Å². The van der Waals surface area contributed by atoms with Crippen molar-refractivity contribution in [1.82, 2.24) is 50.1 Å². The minimum atomic E-state index is -4.92. The molecule has 15 nitrogen and oxygen atoms in total. The fourth-order valence-electron chi connectivity index (χ4n) is 7.09. The number of hydrogen-bond donors (Lipinski definition) is 3. The van der Waals surface area contributed by atoms with Gasteiger partial charge < -0.3 is 19.9 Å². The highest BCUT2D eigenvalue weighted by atomic mass is 35.5. The van der Waals surface area contributed by atoms with Gasteiger partial charge in [0.2, 0.25) is 11.9 Å². The molecule has 304 valence electrons. The summed E-state index contributed by atoms with van der Waals surface area (Å²) in [6, 6.07) is 9.57. The average Bonchev–Trinajstić information content (AvgIpc) is 3.57. The molecule has 0 radical (unpaired) electrons. The van der Waals surface area contributed by atoms with Crippen LogP contribution in [-0.2, 0) is 40.6 Å². The van der Waals surface area contributed by atoms with Crippen LogP contribution in [-0.4, -0.2) is 69.6 Å². The number of alkyl halides is 3. The second kappa shape index (κ2) is 14.8. The molecule has 1 fully saturated rings. The molecule has 0 spiro atoms. The molecule has 21 heteroatoms. The number of rotatable bonds is 12. The number of H-pyrrole nitrogens is 1. The lowest BCUT2D eigenvalue weighted by molar-refractivity contribution is -0.274. The molecule has 2 aromatic carbocycles. The summed E-state index contributed by atoms with van der Waals surface area (Å²) in [6.07, 6.45) is 3.77. The lowest BCUT2D eigenvalue weighted by Gasteiger charge is -2.27. The Balaban J connectivity index is 1.12. The Kier molecular flexibility index (Phi) is 9.90. The molecule has 1 unspecified atom stereocenters. The monoisotopic (exact) mass is 851 g/mol. The van der Waals surface area contributed by atoms with Crippen molar-refractivity contribution in [3.8, 4) is 17.0 Å². The summed E-state index contributed by atoms with van der Waals surface area (Å²) >= 11 is 12.3. The lowest BCUT2D eigenvalue weighted by Crippen LogP contribution is -2.51. The van der Waals surface area contributed by atoms with Crippen molar-refractivity contribution >= 4 is 52.6 Å². The maximum atomic E-state index is 14.5. The number of halogens is 6. The van der Waals surface area contributed by atoms with E-state index in [1.807, 2.05) is 0 Å². The number of imidazole rings is 2. The standard InChI is InChI=1S/C38H31Cl2F4N11O4/c1-36(14-20-3-5-24(6-4-20)59-38(42,43)44)34(58)54(23-12-25(39)31(41)26(40)13-23)35-45-17-29(55(35)36)33(57)49-28(11-22-18-53(2)19-46-22)32(56)50-37(9-10-37)30-8-7-27(51-52-30)21-15-47-48-16-21/h3-8,12-13,15-19,28H,9-11,14H2,1-2H3,(H,47,48)(H,49,57)(H,50,56)/t28?,36-/m1/s1. The highest BCUT2D eigenvalue weighted by molar-refractivity contribution is 6.35. The average molecular weight is 853 g/mol. The van der Waals surface area contributed by atoms with Gasteiger partial charge in [0, 0.05) is 37.8 Å². The van der Waals surface area contributed by atoms with Crippen LogP contribution in [0.3, 0.4) is 0 Å². The van der Waals surface area contributed by atoms with E-state index < -0.39 is 52.8 Å². The Hall–Kier alpha value is -6.34. The third-order valence-corrected chi connectivity index (χ3v) is 10.7. The molecule has 1 aliphatic heterocycles. The summed E-state index contributed by atoms with van der Waals surface area (Å²) in [6.45, 7) is 1.51. The number of carbonyl (C=O) groups excluding carboxylic acids is 3. The zero-order valence-electron chi connectivity index (χ0n) is 30.9. The van der Waals surface area contributed by atoms with Crippen LogP contribution in [0.4, 0.5) is 29.2 Å². The molecular weight excluding hydrogens is 821 g/mol. The Bertz CT molecular complexity index is 2550. The van der Waals surface area contributed by atoms with E-state index in [1.54, 1.807) is 48.7 Å². The molecule has 5 heterocycles. The minimum absolute atomic E-state index is 0.0260. The summed E-state index contributed by atoms with van der Waals surface area (Å²) in [5, 5.41) is 20.4. The molecule has 2 atom stereocenters. The van der Waals surface area contributed by atoms with Gasteiger partial charge in [0.15, 0.2) is 5.82 Å². The van der Waals surface area contributed by atoms with Gasteiger partial charge in [-0.3, -0.25) is 24.0 Å². The molecule has 1 aliphatic carbocycles. The van der Waals surface area contributed by atoms with E-state index in [4.69, 9.17) is 23.2 Å². The maximum absolute atomic E-state index is 14.5. The van der Waals surface area contributed by atoms with Crippen LogP contribution in [0.15, 0.2) is 79.6 Å². The number of aromatic amines is 1. The number of anilines is 2. The number of aryl methyl sites for hydroxylation is 1. The van der Waals surface area contributed by atoms with Crippen molar-refractivity contribution in [2.45, 2.75) is 56.1 Å². The van der Waals surface area contributed by atoms with Gasteiger partial charge in [0.25, 0.3) is 11.8 Å². The zero-order chi connectivity index (χ0) is 41.9. The first-order valence-electron chi connectivity index (χ1n) is 17.9. The van der Waals surface area contributed by atoms with Gasteiger partial charge in [0.1, 0.15) is 23.0 Å². The third kappa shape index (κ3) is 7.70. The number of benzene rings is 2. The summed E-state index contributed by atoms with van der Waals surface area (Å²) < 4.78 is 60.3. The van der Waals surface area contributed by atoms with Gasteiger partial charge >= 0.3 is 6.36 Å². The van der Waals surface area contributed by atoms with Crippen LogP contribution < -0.4 is 20.3 Å². The van der Waals surface area contributed by atoms with Crippen molar-refractivity contribution in [3.05, 3.63) is 118 Å². The minimum Gasteiger partial charge on any atom is -0.406 e. The van der Waals surface area contributed by atoms with Gasteiger partial charge in [-0.25, -0.2) is 19.3 Å². The smallest absolute Gasteiger partial charge is 0.406 e. The number of nitrogens with one attached hydrogen (secondary N) is 3. The van der Waals surface area contributed by atoms with E-state index in [-0.39, 0.29) is 40.2 Å². The van der Waals surface area contributed by atoms with Crippen molar-refractivity contribution in [1.29, 1.82) is 0 Å². The van der Waals surface area contributed by atoms with Gasteiger partial charge in [-0.1, -0.05) is 35.3 Å². The molecule has 3 amide bonds. The molecule has 3 N–H and O–H groups in total. The molecule has 6 aromatic rings. The Morgan fingerprint density at radius 2 is 1.76 bits per heavy atom. The number of nitrogens with zero attached hydrogens (tertiary/aromatic N) is 8. The van der Waals surface area contributed by atoms with Crippen LogP contribution in [0.25, 0.3) is 11.3 Å². The van der Waals surface area contributed by atoms with Crippen molar-refractivity contribution < 1.29 is 36.7 Å². The summed E-state index contributed by atoms with van der Waals surface area (Å²) in [4.78, 5) is 53.1. The van der Waals surface area contributed by atoms with E-state index >= 15 is 0 Å². The molecule has 0 bridgehead atoms. The number of ether oxygens (including phenoxy) is 1. The SMILES string of the molecule is Cn1cnc(CC(NC(=O)c2cnc3n2[C@](C)(Cc2ccc(OC(F)(F)F)cc2)C(=O)N3c2cc(Cl)c(F)c(Cl)c2)C(=O)NC2(c3ccc(-c4cn[nH]c4)nn3)CC2)c1. The van der Waals surface area contributed by atoms with Crippen LogP contribution in [0.1, 0.15) is 47.2 Å². The van der Waals surface area contributed by atoms with Crippen molar-refractivity contribution in [2.24, 2.45) is 7.05 Å². The van der Waals surface area contributed by atoms with E-state index in [0.29, 0.717) is 35.5 Å². The molecule has 8 rings (SSSR count). The Labute approximate surface area is 341 Å². The fourth-order valence-corrected chi connectivity index (χ4v) is 7.56. The number of amides is 3. The first kappa shape index (κ1) is 39.5. The predicted octanol–water partition coefficient (Wildman–Crippen LogP) is 5.92. The number of carbonyl (C=O) groups is 3. The Morgan fingerprint density at radius 3 is 2.36 bits per heavy atom. The predicted molar refractivity (Wildman–Crippen MR) is 203 cm³/mol. The largest absolute Gasteiger partial charge is 0.573 e. The maximum Gasteiger partial charge on any atom is 0.573 e. The highest BCUT2D eigenvalue weighted by Gasteiger charge is 2.52. The zero-order valence-corrected chi connectivity index (χ0v) is 32.4.